The van der Waals surface area contributed by atoms with Crippen molar-refractivity contribution in [3.63, 3.8) is 0 Å². The molecule has 0 saturated heterocycles. The Balaban J connectivity index is 1.73. The fraction of sp³-hybridized carbons (Fsp3) is 0.0800. The maximum Gasteiger partial charge on any atom is 0.138 e. The number of anilines is 1. The van der Waals surface area contributed by atoms with Crippen molar-refractivity contribution in [3.05, 3.63) is 108 Å². The van der Waals surface area contributed by atoms with Crippen molar-refractivity contribution in [1.82, 2.24) is 9.78 Å². The molecule has 1 aliphatic heterocycles. The van der Waals surface area contributed by atoms with Crippen molar-refractivity contribution in [1.29, 1.82) is 0 Å². The molecule has 142 valence electrons. The van der Waals surface area contributed by atoms with E-state index >= 15 is 0 Å². The second kappa shape index (κ2) is 6.99. The van der Waals surface area contributed by atoms with Gasteiger partial charge in [0.15, 0.2) is 0 Å². The Morgan fingerprint density at radius 3 is 2.24 bits per heavy atom. The van der Waals surface area contributed by atoms with Crippen LogP contribution in [0.5, 0.6) is 5.75 Å². The summed E-state index contributed by atoms with van der Waals surface area (Å²) in [7, 11) is 0. The molecule has 0 aliphatic carbocycles. The number of rotatable bonds is 3. The summed E-state index contributed by atoms with van der Waals surface area (Å²) >= 11 is 0. The highest BCUT2D eigenvalue weighted by atomic mass is 16.3. The molecule has 0 radical (unpaired) electrons. The summed E-state index contributed by atoms with van der Waals surface area (Å²) in [6, 6.07) is 27.9. The summed E-state index contributed by atoms with van der Waals surface area (Å²) in [6.45, 7) is 2.04. The van der Waals surface area contributed by atoms with Crippen LogP contribution < -0.4 is 5.32 Å². The number of allylic oxidation sites excluding steroid dienone is 1. The number of nitrogens with zero attached hydrogens (tertiary/aromatic N) is 2. The lowest BCUT2D eigenvalue weighted by molar-refractivity contribution is 0.473. The van der Waals surface area contributed by atoms with Gasteiger partial charge in [-0.15, -0.1) is 0 Å². The zero-order valence-corrected chi connectivity index (χ0v) is 16.1. The minimum absolute atomic E-state index is 0.0711. The summed E-state index contributed by atoms with van der Waals surface area (Å²) in [5.41, 5.74) is 5.95. The molecule has 2 N–H and O–H groups in total. The zero-order valence-electron chi connectivity index (χ0n) is 16.1. The normalized spacial score (nSPS) is 15.3. The highest BCUT2D eigenvalue weighted by Crippen LogP contribution is 2.41. The number of para-hydroxylation sites is 1. The Kier molecular flexibility index (Phi) is 4.17. The number of aryl methyl sites for hydroxylation is 1. The Morgan fingerprint density at radius 2 is 1.52 bits per heavy atom. The van der Waals surface area contributed by atoms with Crippen molar-refractivity contribution in [2.45, 2.75) is 13.0 Å². The largest absolute Gasteiger partial charge is 0.507 e. The van der Waals surface area contributed by atoms with E-state index in [9.17, 15) is 5.11 Å². The summed E-state index contributed by atoms with van der Waals surface area (Å²) in [4.78, 5) is 0. The van der Waals surface area contributed by atoms with Crippen LogP contribution in [-0.2, 0) is 0 Å². The summed E-state index contributed by atoms with van der Waals surface area (Å²) in [5.74, 6) is 1.19. The molecular formula is C25H21N3O. The predicted octanol–water partition coefficient (Wildman–Crippen LogP) is 5.62. The number of hydrogen-bond donors (Lipinski definition) is 2. The Labute approximate surface area is 169 Å². The van der Waals surface area contributed by atoms with Crippen molar-refractivity contribution >= 4 is 11.5 Å². The van der Waals surface area contributed by atoms with E-state index in [1.54, 1.807) is 6.07 Å². The quantitative estimate of drug-likeness (QED) is 0.486. The first-order valence-corrected chi connectivity index (χ1v) is 9.69. The molecule has 0 amide bonds. The third-order valence-electron chi connectivity index (χ3n) is 5.32. The number of fused-ring (bicyclic) bond motifs is 1. The number of aromatic nitrogens is 2. The van der Waals surface area contributed by atoms with Crippen LogP contribution in [0.25, 0.3) is 16.8 Å². The number of hydrogen-bond acceptors (Lipinski definition) is 3. The molecule has 0 fully saturated rings. The molecule has 3 aromatic carbocycles. The van der Waals surface area contributed by atoms with E-state index in [-0.39, 0.29) is 11.8 Å². The molecule has 1 aromatic heterocycles. The molecule has 5 rings (SSSR count). The summed E-state index contributed by atoms with van der Waals surface area (Å²) in [6.07, 6.45) is 2.12. The number of benzene rings is 3. The van der Waals surface area contributed by atoms with Gasteiger partial charge in [0.2, 0.25) is 0 Å². The van der Waals surface area contributed by atoms with Gasteiger partial charge in [-0.05, 0) is 36.3 Å². The van der Waals surface area contributed by atoms with Crippen LogP contribution in [0.2, 0.25) is 0 Å². The van der Waals surface area contributed by atoms with Crippen LogP contribution in [0.4, 0.5) is 5.82 Å². The van der Waals surface area contributed by atoms with Gasteiger partial charge in [-0.3, -0.25) is 0 Å². The van der Waals surface area contributed by atoms with Crippen LogP contribution in [0.3, 0.4) is 0 Å². The van der Waals surface area contributed by atoms with Crippen LogP contribution in [0.1, 0.15) is 22.9 Å². The summed E-state index contributed by atoms with van der Waals surface area (Å²) in [5, 5.41) is 18.9. The monoisotopic (exact) mass is 379 g/mol. The first-order chi connectivity index (χ1) is 14.2. The second-order valence-corrected chi connectivity index (χ2v) is 7.20. The van der Waals surface area contributed by atoms with Crippen LogP contribution in [0, 0.1) is 6.92 Å². The Bertz CT molecular complexity index is 1190. The second-order valence-electron chi connectivity index (χ2n) is 7.20. The molecule has 1 aliphatic rings. The van der Waals surface area contributed by atoms with E-state index in [0.29, 0.717) is 0 Å². The number of aromatic hydroxyl groups is 1. The van der Waals surface area contributed by atoms with Gasteiger partial charge in [0.1, 0.15) is 11.6 Å². The Hall–Kier alpha value is -3.79. The smallest absolute Gasteiger partial charge is 0.138 e. The van der Waals surface area contributed by atoms with E-state index < -0.39 is 0 Å². The molecule has 4 heteroatoms. The molecule has 0 spiro atoms. The lowest BCUT2D eigenvalue weighted by atomic mass is 9.99. The van der Waals surface area contributed by atoms with Crippen LogP contribution >= 0.6 is 0 Å². The van der Waals surface area contributed by atoms with E-state index in [1.807, 2.05) is 66.2 Å². The molecule has 4 aromatic rings. The highest BCUT2D eigenvalue weighted by molar-refractivity contribution is 5.88. The molecule has 29 heavy (non-hydrogen) atoms. The third-order valence-corrected chi connectivity index (χ3v) is 5.32. The van der Waals surface area contributed by atoms with Gasteiger partial charge < -0.3 is 10.4 Å². The van der Waals surface area contributed by atoms with E-state index in [4.69, 9.17) is 5.10 Å². The summed E-state index contributed by atoms with van der Waals surface area (Å²) < 4.78 is 2.04. The minimum atomic E-state index is -0.0711. The maximum absolute atomic E-state index is 10.5. The first kappa shape index (κ1) is 17.3. The molecule has 0 saturated carbocycles. The van der Waals surface area contributed by atoms with Gasteiger partial charge in [0.25, 0.3) is 0 Å². The van der Waals surface area contributed by atoms with Gasteiger partial charge in [-0.2, -0.15) is 5.10 Å². The fourth-order valence-electron chi connectivity index (χ4n) is 3.96. The van der Waals surface area contributed by atoms with Gasteiger partial charge in [-0.1, -0.05) is 72.8 Å². The molecule has 0 unspecified atom stereocenters. The predicted molar refractivity (Wildman–Crippen MR) is 117 cm³/mol. The maximum atomic E-state index is 10.5. The van der Waals surface area contributed by atoms with Gasteiger partial charge in [-0.25, -0.2) is 4.68 Å². The van der Waals surface area contributed by atoms with Crippen molar-refractivity contribution < 1.29 is 5.11 Å². The van der Waals surface area contributed by atoms with E-state index in [2.05, 4.69) is 35.7 Å². The average molecular weight is 379 g/mol. The van der Waals surface area contributed by atoms with Crippen molar-refractivity contribution in [2.24, 2.45) is 0 Å². The molecular weight excluding hydrogens is 358 g/mol. The average Bonchev–Trinajstić information content (AvgIpc) is 3.10. The SMILES string of the molecule is Cc1nn2c(c1-c1ccccc1)NC(c1ccccc1O)=C[C@H]2c1ccccc1. The number of phenolic OH excluding ortho intramolecular Hbond substituents is 1. The van der Waals surface area contributed by atoms with Crippen LogP contribution in [-0.4, -0.2) is 14.9 Å². The molecule has 2 heterocycles. The van der Waals surface area contributed by atoms with Crippen LogP contribution in [0.15, 0.2) is 91.0 Å². The van der Waals surface area contributed by atoms with E-state index in [0.717, 1.165) is 39.5 Å². The van der Waals surface area contributed by atoms with Crippen molar-refractivity contribution in [3.8, 4) is 16.9 Å². The molecule has 1 atom stereocenters. The number of nitrogens with one attached hydrogen (secondary N) is 1. The van der Waals surface area contributed by atoms with Gasteiger partial charge in [0, 0.05) is 16.8 Å². The zero-order chi connectivity index (χ0) is 19.8. The lowest BCUT2D eigenvalue weighted by Gasteiger charge is -2.26. The van der Waals surface area contributed by atoms with Gasteiger partial charge in [0.05, 0.1) is 11.7 Å². The first-order valence-electron chi connectivity index (χ1n) is 9.69. The number of phenols is 1. The Morgan fingerprint density at radius 1 is 0.862 bits per heavy atom. The standard InChI is InChI=1S/C25H21N3O/c1-17-24(19-12-6-3-7-13-19)25-26-21(20-14-8-9-15-23(20)29)16-22(28(25)27-17)18-10-4-2-5-11-18/h2-16,22,26,29H,1H3/t22-/m0/s1. The molecule has 0 bridgehead atoms. The lowest BCUT2D eigenvalue weighted by Crippen LogP contribution is -2.20. The molecule has 4 nitrogen and oxygen atoms in total. The highest BCUT2D eigenvalue weighted by Gasteiger charge is 2.28. The fourth-order valence-corrected chi connectivity index (χ4v) is 3.96. The van der Waals surface area contributed by atoms with Gasteiger partial charge >= 0.3 is 0 Å². The van der Waals surface area contributed by atoms with Crippen molar-refractivity contribution in [2.75, 3.05) is 5.32 Å². The van der Waals surface area contributed by atoms with E-state index in [1.165, 1.54) is 0 Å². The topological polar surface area (TPSA) is 50.1 Å². The third kappa shape index (κ3) is 2.99. The minimum Gasteiger partial charge on any atom is -0.507 e.